The van der Waals surface area contributed by atoms with Gasteiger partial charge in [-0.25, -0.2) is 0 Å². The molecule has 0 aromatic rings. The lowest BCUT2D eigenvalue weighted by Gasteiger charge is -2.26. The van der Waals surface area contributed by atoms with E-state index in [9.17, 15) is 5.11 Å². The molecular formula is C12H22O5. The summed E-state index contributed by atoms with van der Waals surface area (Å²) in [6, 6.07) is 0. The summed E-state index contributed by atoms with van der Waals surface area (Å²) in [7, 11) is 0. The highest BCUT2D eigenvalue weighted by atomic mass is 16.8. The van der Waals surface area contributed by atoms with Crippen molar-refractivity contribution >= 4 is 0 Å². The van der Waals surface area contributed by atoms with Gasteiger partial charge in [0.05, 0.1) is 12.2 Å². The summed E-state index contributed by atoms with van der Waals surface area (Å²) < 4.78 is 22.4. The molecule has 0 radical (unpaired) electrons. The van der Waals surface area contributed by atoms with Gasteiger partial charge in [0.2, 0.25) is 0 Å². The first-order valence-corrected chi connectivity index (χ1v) is 6.01. The van der Waals surface area contributed by atoms with E-state index >= 15 is 0 Å². The maximum atomic E-state index is 10.1. The third kappa shape index (κ3) is 2.98. The second-order valence-electron chi connectivity index (χ2n) is 6.06. The maximum absolute atomic E-state index is 10.1. The molecule has 2 aliphatic rings. The van der Waals surface area contributed by atoms with Crippen LogP contribution in [0.25, 0.3) is 0 Å². The van der Waals surface area contributed by atoms with E-state index in [1.165, 1.54) is 0 Å². The monoisotopic (exact) mass is 246 g/mol. The number of hydrogen-bond donors (Lipinski definition) is 1. The van der Waals surface area contributed by atoms with Crippen molar-refractivity contribution in [2.24, 2.45) is 0 Å². The Morgan fingerprint density at radius 1 is 1.24 bits per heavy atom. The Balaban J connectivity index is 1.90. The van der Waals surface area contributed by atoms with Crippen LogP contribution in [0.1, 0.15) is 34.6 Å². The van der Waals surface area contributed by atoms with Crippen LogP contribution >= 0.6 is 0 Å². The minimum absolute atomic E-state index is 0.248. The molecule has 2 rings (SSSR count). The van der Waals surface area contributed by atoms with Crippen LogP contribution in [0.3, 0.4) is 0 Å². The Morgan fingerprint density at radius 2 is 1.88 bits per heavy atom. The summed E-state index contributed by atoms with van der Waals surface area (Å²) in [6.45, 7) is 9.84. The number of aliphatic hydroxyl groups is 1. The summed E-state index contributed by atoms with van der Waals surface area (Å²) in [5.41, 5.74) is -0.248. The zero-order valence-electron chi connectivity index (χ0n) is 11.1. The van der Waals surface area contributed by atoms with Crippen molar-refractivity contribution in [1.29, 1.82) is 0 Å². The van der Waals surface area contributed by atoms with Gasteiger partial charge in [-0.2, -0.15) is 0 Å². The van der Waals surface area contributed by atoms with E-state index in [1.807, 2.05) is 34.6 Å². The van der Waals surface area contributed by atoms with E-state index in [0.29, 0.717) is 6.61 Å². The average molecular weight is 246 g/mol. The van der Waals surface area contributed by atoms with Crippen LogP contribution in [0.2, 0.25) is 0 Å². The van der Waals surface area contributed by atoms with Crippen molar-refractivity contribution in [3.05, 3.63) is 0 Å². The van der Waals surface area contributed by atoms with Crippen molar-refractivity contribution in [3.8, 4) is 0 Å². The molecule has 4 atom stereocenters. The van der Waals surface area contributed by atoms with Gasteiger partial charge in [-0.1, -0.05) is 0 Å². The van der Waals surface area contributed by atoms with Crippen molar-refractivity contribution in [3.63, 3.8) is 0 Å². The number of ether oxygens (including phenoxy) is 4. The smallest absolute Gasteiger partial charge is 0.190 e. The van der Waals surface area contributed by atoms with Crippen LogP contribution in [0, 0.1) is 0 Å². The fourth-order valence-corrected chi connectivity index (χ4v) is 2.03. The van der Waals surface area contributed by atoms with E-state index in [2.05, 4.69) is 0 Å². The molecule has 0 aromatic carbocycles. The molecule has 5 heteroatoms. The Morgan fingerprint density at radius 3 is 2.41 bits per heavy atom. The van der Waals surface area contributed by atoms with E-state index < -0.39 is 24.3 Å². The molecule has 0 spiro atoms. The summed E-state index contributed by atoms with van der Waals surface area (Å²) in [5, 5.41) is 10.1. The zero-order valence-corrected chi connectivity index (χ0v) is 11.1. The lowest BCUT2D eigenvalue weighted by atomic mass is 10.1. The van der Waals surface area contributed by atoms with Crippen LogP contribution in [0.15, 0.2) is 0 Å². The van der Waals surface area contributed by atoms with Crippen LogP contribution < -0.4 is 0 Å². The lowest BCUT2D eigenvalue weighted by molar-refractivity contribution is -0.223. The second kappa shape index (κ2) is 4.17. The predicted octanol–water partition coefficient (Wildman–Crippen LogP) is 1.04. The molecule has 2 aliphatic heterocycles. The first-order chi connectivity index (χ1) is 7.68. The lowest BCUT2D eigenvalue weighted by Crippen LogP contribution is -2.38. The molecule has 5 nitrogen and oxygen atoms in total. The van der Waals surface area contributed by atoms with Crippen LogP contribution in [-0.2, 0) is 18.9 Å². The normalized spacial score (nSPS) is 40.6. The van der Waals surface area contributed by atoms with Crippen molar-refractivity contribution in [2.75, 3.05) is 6.61 Å². The summed E-state index contributed by atoms with van der Waals surface area (Å²) in [4.78, 5) is 0. The molecule has 0 saturated carbocycles. The standard InChI is InChI=1S/C12H22O5/c1-11(2,3)14-6-7-8(13)9-10(15-7)17-12(4,5)16-9/h7-10,13H,6H2,1-5H3/t7-,8-,9?,10-/m1/s1. The Hall–Kier alpha value is -0.200. The molecule has 0 aromatic heterocycles. The number of fused-ring (bicyclic) bond motifs is 1. The van der Waals surface area contributed by atoms with Crippen molar-refractivity contribution < 1.29 is 24.1 Å². The molecule has 0 aliphatic carbocycles. The van der Waals surface area contributed by atoms with E-state index in [4.69, 9.17) is 18.9 Å². The topological polar surface area (TPSA) is 57.2 Å². The van der Waals surface area contributed by atoms with Gasteiger partial charge >= 0.3 is 0 Å². The summed E-state index contributed by atoms with van der Waals surface area (Å²) in [6.07, 6.45) is -2.00. The molecular weight excluding hydrogens is 224 g/mol. The minimum Gasteiger partial charge on any atom is -0.387 e. The van der Waals surface area contributed by atoms with Crippen LogP contribution in [0.5, 0.6) is 0 Å². The number of rotatable bonds is 2. The van der Waals surface area contributed by atoms with Crippen molar-refractivity contribution in [1.82, 2.24) is 0 Å². The average Bonchev–Trinajstić information content (AvgIpc) is 2.57. The maximum Gasteiger partial charge on any atom is 0.190 e. The van der Waals surface area contributed by atoms with Gasteiger partial charge in [-0.3, -0.25) is 0 Å². The van der Waals surface area contributed by atoms with Gasteiger partial charge in [-0.05, 0) is 34.6 Å². The predicted molar refractivity (Wildman–Crippen MR) is 60.4 cm³/mol. The van der Waals surface area contributed by atoms with Gasteiger partial charge in [0.1, 0.15) is 18.3 Å². The van der Waals surface area contributed by atoms with E-state index in [0.717, 1.165) is 0 Å². The third-order valence-corrected chi connectivity index (χ3v) is 2.80. The molecule has 17 heavy (non-hydrogen) atoms. The van der Waals surface area contributed by atoms with Gasteiger partial charge < -0.3 is 24.1 Å². The third-order valence-electron chi connectivity index (χ3n) is 2.80. The molecule has 0 bridgehead atoms. The van der Waals surface area contributed by atoms with Crippen LogP contribution in [-0.4, -0.2) is 47.7 Å². The molecule has 2 fully saturated rings. The van der Waals surface area contributed by atoms with Gasteiger partial charge in [-0.15, -0.1) is 0 Å². The first kappa shape index (κ1) is 13.2. The molecule has 2 heterocycles. The zero-order chi connectivity index (χ0) is 12.8. The van der Waals surface area contributed by atoms with Gasteiger partial charge in [0.15, 0.2) is 12.1 Å². The van der Waals surface area contributed by atoms with Gasteiger partial charge in [0.25, 0.3) is 0 Å². The fourth-order valence-electron chi connectivity index (χ4n) is 2.03. The van der Waals surface area contributed by atoms with E-state index in [-0.39, 0.29) is 11.7 Å². The molecule has 1 N–H and O–H groups in total. The van der Waals surface area contributed by atoms with E-state index in [1.54, 1.807) is 0 Å². The molecule has 0 amide bonds. The Kier molecular flexibility index (Phi) is 3.25. The SMILES string of the molecule is CC(C)(C)OC[C@H]1O[C@@H]2OC(C)(C)OC2[C@@H]1O. The molecule has 100 valence electrons. The quantitative estimate of drug-likeness (QED) is 0.789. The number of aliphatic hydroxyl groups excluding tert-OH is 1. The van der Waals surface area contributed by atoms with Crippen molar-refractivity contribution in [2.45, 2.75) is 70.6 Å². The highest BCUT2D eigenvalue weighted by molar-refractivity contribution is 4.93. The Labute approximate surface area is 102 Å². The first-order valence-electron chi connectivity index (χ1n) is 6.01. The molecule has 2 saturated heterocycles. The minimum atomic E-state index is -0.705. The molecule has 1 unspecified atom stereocenters. The fraction of sp³-hybridized carbons (Fsp3) is 1.00. The number of hydrogen-bond acceptors (Lipinski definition) is 5. The highest BCUT2D eigenvalue weighted by Crippen LogP contribution is 2.37. The largest absolute Gasteiger partial charge is 0.387 e. The highest BCUT2D eigenvalue weighted by Gasteiger charge is 2.54. The van der Waals surface area contributed by atoms with Gasteiger partial charge in [0, 0.05) is 0 Å². The summed E-state index contributed by atoms with van der Waals surface area (Å²) >= 11 is 0. The Bertz CT molecular complexity index is 283. The summed E-state index contributed by atoms with van der Waals surface area (Å²) in [5.74, 6) is -0.688. The van der Waals surface area contributed by atoms with Crippen LogP contribution in [0.4, 0.5) is 0 Å². The second-order valence-corrected chi connectivity index (χ2v) is 6.06.